The summed E-state index contributed by atoms with van der Waals surface area (Å²) in [6, 6.07) is 5.96. The zero-order valence-electron chi connectivity index (χ0n) is 9.06. The van der Waals surface area contributed by atoms with Crippen LogP contribution < -0.4 is 4.74 Å². The summed E-state index contributed by atoms with van der Waals surface area (Å²) in [5, 5.41) is 0. The van der Waals surface area contributed by atoms with Crippen molar-refractivity contribution in [3.63, 3.8) is 0 Å². The molecule has 1 heterocycles. The summed E-state index contributed by atoms with van der Waals surface area (Å²) in [6.45, 7) is 3.30. The molecule has 0 saturated heterocycles. The molecule has 0 aliphatic carbocycles. The van der Waals surface area contributed by atoms with Gasteiger partial charge in [0.25, 0.3) is 0 Å². The summed E-state index contributed by atoms with van der Waals surface area (Å²) < 4.78 is 20.1. The fraction of sp³-hybridized carbons (Fsp3) is 0.250. The Labute approximate surface area is 93.5 Å². The summed E-state index contributed by atoms with van der Waals surface area (Å²) in [5.41, 5.74) is 0. The van der Waals surface area contributed by atoms with E-state index in [9.17, 15) is 4.39 Å². The summed E-state index contributed by atoms with van der Waals surface area (Å²) in [4.78, 5) is 4.18. The largest absolute Gasteiger partial charge is 0.486 e. The Kier molecular flexibility index (Phi) is 3.19. The summed E-state index contributed by atoms with van der Waals surface area (Å²) in [6.07, 6.45) is 3.65. The van der Waals surface area contributed by atoms with E-state index >= 15 is 0 Å². The van der Waals surface area contributed by atoms with E-state index < -0.39 is 0 Å². The third-order valence-corrected chi connectivity index (χ3v) is 2.32. The molecule has 16 heavy (non-hydrogen) atoms. The number of aromatic nitrogens is 2. The molecule has 0 saturated carbocycles. The normalized spacial score (nSPS) is 10.4. The zero-order chi connectivity index (χ0) is 11.4. The molecule has 0 bridgehead atoms. The number of aryl methyl sites for hydroxylation is 1. The smallest absolute Gasteiger partial charge is 0.146 e. The molecule has 0 unspecified atom stereocenters. The van der Waals surface area contributed by atoms with E-state index in [1.54, 1.807) is 18.3 Å². The minimum Gasteiger partial charge on any atom is -0.486 e. The molecular weight excluding hydrogens is 207 g/mol. The average molecular weight is 220 g/mol. The van der Waals surface area contributed by atoms with Crippen LogP contribution in [-0.2, 0) is 13.2 Å². The number of hydrogen-bond acceptors (Lipinski definition) is 2. The third kappa shape index (κ3) is 2.39. The standard InChI is InChI=1S/C12H13FN2O/c1-2-15-8-7-14-12(15)9-16-11-5-3-10(13)4-6-11/h3-8H,2,9H2,1H3. The lowest BCUT2D eigenvalue weighted by Gasteiger charge is -2.07. The highest BCUT2D eigenvalue weighted by molar-refractivity contribution is 5.22. The van der Waals surface area contributed by atoms with Gasteiger partial charge in [0, 0.05) is 18.9 Å². The van der Waals surface area contributed by atoms with Gasteiger partial charge in [0.2, 0.25) is 0 Å². The highest BCUT2D eigenvalue weighted by Crippen LogP contribution is 2.12. The second-order valence-electron chi connectivity index (χ2n) is 3.37. The minimum atomic E-state index is -0.262. The molecule has 4 heteroatoms. The van der Waals surface area contributed by atoms with Crippen LogP contribution >= 0.6 is 0 Å². The van der Waals surface area contributed by atoms with E-state index in [1.165, 1.54) is 12.1 Å². The van der Waals surface area contributed by atoms with Crippen molar-refractivity contribution in [1.29, 1.82) is 0 Å². The summed E-state index contributed by atoms with van der Waals surface area (Å²) >= 11 is 0. The lowest BCUT2D eigenvalue weighted by molar-refractivity contribution is 0.289. The van der Waals surface area contributed by atoms with Crippen molar-refractivity contribution >= 4 is 0 Å². The van der Waals surface area contributed by atoms with Crippen molar-refractivity contribution in [1.82, 2.24) is 9.55 Å². The van der Waals surface area contributed by atoms with Gasteiger partial charge >= 0.3 is 0 Å². The predicted octanol–water partition coefficient (Wildman–Crippen LogP) is 2.62. The Morgan fingerprint density at radius 2 is 2.06 bits per heavy atom. The van der Waals surface area contributed by atoms with Gasteiger partial charge in [-0.3, -0.25) is 0 Å². The first-order valence-electron chi connectivity index (χ1n) is 5.18. The van der Waals surface area contributed by atoms with Crippen LogP contribution in [0.2, 0.25) is 0 Å². The Balaban J connectivity index is 1.99. The predicted molar refractivity (Wildman–Crippen MR) is 58.6 cm³/mol. The van der Waals surface area contributed by atoms with E-state index in [1.807, 2.05) is 17.7 Å². The third-order valence-electron chi connectivity index (χ3n) is 2.32. The monoisotopic (exact) mass is 220 g/mol. The molecule has 3 nitrogen and oxygen atoms in total. The minimum absolute atomic E-state index is 0.262. The van der Waals surface area contributed by atoms with Gasteiger partial charge in [-0.2, -0.15) is 0 Å². The van der Waals surface area contributed by atoms with Gasteiger partial charge < -0.3 is 9.30 Å². The molecule has 0 amide bonds. The van der Waals surface area contributed by atoms with Crippen molar-refractivity contribution in [3.8, 4) is 5.75 Å². The van der Waals surface area contributed by atoms with Crippen molar-refractivity contribution in [2.75, 3.05) is 0 Å². The van der Waals surface area contributed by atoms with Crippen LogP contribution in [0.4, 0.5) is 4.39 Å². The van der Waals surface area contributed by atoms with Gasteiger partial charge in [-0.15, -0.1) is 0 Å². The van der Waals surface area contributed by atoms with Crippen LogP contribution in [0.25, 0.3) is 0 Å². The number of hydrogen-bond donors (Lipinski definition) is 0. The maximum Gasteiger partial charge on any atom is 0.146 e. The molecule has 0 aliphatic rings. The lowest BCUT2D eigenvalue weighted by atomic mass is 10.3. The molecule has 1 aromatic heterocycles. The molecule has 84 valence electrons. The SMILES string of the molecule is CCn1ccnc1COc1ccc(F)cc1. The van der Waals surface area contributed by atoms with Crippen molar-refractivity contribution in [2.24, 2.45) is 0 Å². The van der Waals surface area contributed by atoms with Crippen LogP contribution in [0.5, 0.6) is 5.75 Å². The van der Waals surface area contributed by atoms with E-state index in [-0.39, 0.29) is 5.82 Å². The molecule has 0 N–H and O–H groups in total. The highest BCUT2D eigenvalue weighted by atomic mass is 19.1. The van der Waals surface area contributed by atoms with Crippen LogP contribution in [0.15, 0.2) is 36.7 Å². The summed E-state index contributed by atoms with van der Waals surface area (Å²) in [5.74, 6) is 1.25. The molecular formula is C12H13FN2O. The Bertz CT molecular complexity index is 450. The van der Waals surface area contributed by atoms with Crippen molar-refractivity contribution < 1.29 is 9.13 Å². The number of benzene rings is 1. The molecule has 0 spiro atoms. The van der Waals surface area contributed by atoms with Crippen molar-refractivity contribution in [2.45, 2.75) is 20.1 Å². The van der Waals surface area contributed by atoms with Crippen LogP contribution in [-0.4, -0.2) is 9.55 Å². The fourth-order valence-electron chi connectivity index (χ4n) is 1.45. The average Bonchev–Trinajstić information content (AvgIpc) is 2.76. The van der Waals surface area contributed by atoms with Crippen LogP contribution in [0, 0.1) is 5.82 Å². The van der Waals surface area contributed by atoms with Gasteiger partial charge in [0.05, 0.1) is 0 Å². The number of imidazole rings is 1. The topological polar surface area (TPSA) is 27.1 Å². The first kappa shape index (κ1) is 10.7. The quantitative estimate of drug-likeness (QED) is 0.792. The van der Waals surface area contributed by atoms with Crippen molar-refractivity contribution in [3.05, 3.63) is 48.3 Å². The zero-order valence-corrected chi connectivity index (χ0v) is 9.06. The second-order valence-corrected chi connectivity index (χ2v) is 3.37. The van der Waals surface area contributed by atoms with Gasteiger partial charge in [-0.05, 0) is 31.2 Å². The molecule has 0 radical (unpaired) electrons. The van der Waals surface area contributed by atoms with E-state index in [0.717, 1.165) is 12.4 Å². The van der Waals surface area contributed by atoms with E-state index in [2.05, 4.69) is 4.98 Å². The van der Waals surface area contributed by atoms with E-state index in [0.29, 0.717) is 12.4 Å². The number of ether oxygens (including phenoxy) is 1. The molecule has 1 aromatic carbocycles. The first-order valence-corrected chi connectivity index (χ1v) is 5.18. The maximum atomic E-state index is 12.6. The molecule has 0 fully saturated rings. The molecule has 0 atom stereocenters. The first-order chi connectivity index (χ1) is 7.79. The van der Waals surface area contributed by atoms with Gasteiger partial charge in [-0.1, -0.05) is 0 Å². The lowest BCUT2D eigenvalue weighted by Crippen LogP contribution is -2.05. The van der Waals surface area contributed by atoms with Crippen LogP contribution in [0.3, 0.4) is 0 Å². The maximum absolute atomic E-state index is 12.6. The Morgan fingerprint density at radius 1 is 1.31 bits per heavy atom. The van der Waals surface area contributed by atoms with Gasteiger partial charge in [0.1, 0.15) is 24.0 Å². The molecule has 2 rings (SSSR count). The van der Waals surface area contributed by atoms with E-state index in [4.69, 9.17) is 4.74 Å². The fourth-order valence-corrected chi connectivity index (χ4v) is 1.45. The second kappa shape index (κ2) is 4.79. The van der Waals surface area contributed by atoms with Gasteiger partial charge in [-0.25, -0.2) is 9.37 Å². The molecule has 0 aliphatic heterocycles. The highest BCUT2D eigenvalue weighted by Gasteiger charge is 2.02. The van der Waals surface area contributed by atoms with Gasteiger partial charge in [0.15, 0.2) is 0 Å². The Hall–Kier alpha value is -1.84. The number of halogens is 1. The van der Waals surface area contributed by atoms with Crippen LogP contribution in [0.1, 0.15) is 12.7 Å². The Morgan fingerprint density at radius 3 is 2.75 bits per heavy atom. The summed E-state index contributed by atoms with van der Waals surface area (Å²) in [7, 11) is 0. The molecule has 2 aromatic rings. The number of rotatable bonds is 4. The number of nitrogens with zero attached hydrogens (tertiary/aromatic N) is 2.